The molecule has 0 aliphatic rings. The SMILES string of the molecule is C=CC[C@H](C[C@H](O)CCCCc1ccccc1)OCOC. The summed E-state index contributed by atoms with van der Waals surface area (Å²) in [5.74, 6) is 0. The van der Waals surface area contributed by atoms with E-state index < -0.39 is 0 Å². The van der Waals surface area contributed by atoms with Crippen LogP contribution in [0.5, 0.6) is 0 Å². The highest BCUT2D eigenvalue weighted by molar-refractivity contribution is 5.14. The largest absolute Gasteiger partial charge is 0.393 e. The summed E-state index contributed by atoms with van der Waals surface area (Å²) in [5.41, 5.74) is 1.36. The molecular formula is C18H28O3. The van der Waals surface area contributed by atoms with Crippen LogP contribution in [0.1, 0.15) is 37.7 Å². The van der Waals surface area contributed by atoms with Crippen molar-refractivity contribution < 1.29 is 14.6 Å². The van der Waals surface area contributed by atoms with Crippen molar-refractivity contribution >= 4 is 0 Å². The van der Waals surface area contributed by atoms with E-state index in [1.807, 2.05) is 12.1 Å². The summed E-state index contributed by atoms with van der Waals surface area (Å²) in [6.45, 7) is 3.99. The molecule has 0 spiro atoms. The van der Waals surface area contributed by atoms with E-state index in [0.29, 0.717) is 6.42 Å². The third-order valence-electron chi connectivity index (χ3n) is 3.48. The van der Waals surface area contributed by atoms with E-state index in [1.54, 1.807) is 7.11 Å². The summed E-state index contributed by atoms with van der Waals surface area (Å²) in [4.78, 5) is 0. The molecule has 1 N–H and O–H groups in total. The second kappa shape index (κ2) is 11.5. The smallest absolute Gasteiger partial charge is 0.146 e. The maximum atomic E-state index is 10.1. The predicted octanol–water partition coefficient (Wildman–Crippen LogP) is 3.72. The van der Waals surface area contributed by atoms with Crippen LogP contribution in [0.25, 0.3) is 0 Å². The van der Waals surface area contributed by atoms with E-state index >= 15 is 0 Å². The quantitative estimate of drug-likeness (QED) is 0.362. The molecule has 0 amide bonds. The lowest BCUT2D eigenvalue weighted by Gasteiger charge is -2.19. The lowest BCUT2D eigenvalue weighted by molar-refractivity contribution is -0.0834. The summed E-state index contributed by atoms with van der Waals surface area (Å²) >= 11 is 0. The molecule has 0 fully saturated rings. The third-order valence-corrected chi connectivity index (χ3v) is 3.48. The fourth-order valence-corrected chi connectivity index (χ4v) is 2.36. The molecule has 0 saturated heterocycles. The fourth-order valence-electron chi connectivity index (χ4n) is 2.36. The Hall–Kier alpha value is -1.16. The molecule has 3 nitrogen and oxygen atoms in total. The maximum Gasteiger partial charge on any atom is 0.146 e. The molecule has 0 saturated carbocycles. The van der Waals surface area contributed by atoms with Crippen molar-refractivity contribution in [1.82, 2.24) is 0 Å². The zero-order valence-electron chi connectivity index (χ0n) is 13.0. The van der Waals surface area contributed by atoms with Gasteiger partial charge in [0, 0.05) is 7.11 Å². The molecule has 118 valence electrons. The number of aliphatic hydroxyl groups excluding tert-OH is 1. The molecule has 0 unspecified atom stereocenters. The fraction of sp³-hybridized carbons (Fsp3) is 0.556. The van der Waals surface area contributed by atoms with Crippen LogP contribution in [-0.2, 0) is 15.9 Å². The Morgan fingerprint density at radius 3 is 2.67 bits per heavy atom. The van der Waals surface area contributed by atoms with Gasteiger partial charge in [0.05, 0.1) is 12.2 Å². The standard InChI is InChI=1S/C18H28O3/c1-3-9-18(21-15-20-2)14-17(19)13-8-7-12-16-10-5-4-6-11-16/h3-6,10-11,17-19H,1,7-9,12-15H2,2H3/t17-,18-/m1/s1. The third kappa shape index (κ3) is 8.66. The number of unbranched alkanes of at least 4 members (excludes halogenated alkanes) is 1. The van der Waals surface area contributed by atoms with Crippen molar-refractivity contribution in [1.29, 1.82) is 0 Å². The number of methoxy groups -OCH3 is 1. The van der Waals surface area contributed by atoms with Crippen LogP contribution >= 0.6 is 0 Å². The molecule has 2 atom stereocenters. The van der Waals surface area contributed by atoms with Crippen molar-refractivity contribution in [3.8, 4) is 0 Å². The highest BCUT2D eigenvalue weighted by atomic mass is 16.7. The van der Waals surface area contributed by atoms with Gasteiger partial charge in [0.2, 0.25) is 0 Å². The first-order valence-electron chi connectivity index (χ1n) is 7.69. The predicted molar refractivity (Wildman–Crippen MR) is 86.2 cm³/mol. The van der Waals surface area contributed by atoms with Gasteiger partial charge in [-0.15, -0.1) is 6.58 Å². The second-order valence-corrected chi connectivity index (χ2v) is 5.34. The van der Waals surface area contributed by atoms with E-state index in [2.05, 4.69) is 30.8 Å². The van der Waals surface area contributed by atoms with Crippen LogP contribution in [0.4, 0.5) is 0 Å². The van der Waals surface area contributed by atoms with Crippen molar-refractivity contribution in [2.24, 2.45) is 0 Å². The van der Waals surface area contributed by atoms with Gasteiger partial charge in [-0.1, -0.05) is 42.8 Å². The van der Waals surface area contributed by atoms with Gasteiger partial charge < -0.3 is 14.6 Å². The van der Waals surface area contributed by atoms with Crippen LogP contribution in [0.3, 0.4) is 0 Å². The summed E-state index contributed by atoms with van der Waals surface area (Å²) in [6.07, 6.45) is 6.90. The van der Waals surface area contributed by atoms with Gasteiger partial charge in [0.25, 0.3) is 0 Å². The minimum absolute atomic E-state index is 0.00780. The van der Waals surface area contributed by atoms with Gasteiger partial charge in [-0.05, 0) is 37.7 Å². The van der Waals surface area contributed by atoms with Crippen molar-refractivity contribution in [2.45, 2.75) is 50.7 Å². The zero-order chi connectivity index (χ0) is 15.3. The van der Waals surface area contributed by atoms with Gasteiger partial charge in [0.1, 0.15) is 6.79 Å². The van der Waals surface area contributed by atoms with E-state index in [9.17, 15) is 5.11 Å². The van der Waals surface area contributed by atoms with Gasteiger partial charge >= 0.3 is 0 Å². The molecule has 1 rings (SSSR count). The topological polar surface area (TPSA) is 38.7 Å². The molecule has 1 aromatic carbocycles. The summed E-state index contributed by atoms with van der Waals surface area (Å²) < 4.78 is 10.4. The average molecular weight is 292 g/mol. The minimum Gasteiger partial charge on any atom is -0.393 e. The van der Waals surface area contributed by atoms with Gasteiger partial charge in [-0.3, -0.25) is 0 Å². The molecule has 0 aliphatic carbocycles. The number of rotatable bonds is 12. The number of benzene rings is 1. The Bertz CT molecular complexity index is 364. The highest BCUT2D eigenvalue weighted by Gasteiger charge is 2.13. The Kier molecular flexibility index (Phi) is 9.79. The molecule has 21 heavy (non-hydrogen) atoms. The Morgan fingerprint density at radius 2 is 2.00 bits per heavy atom. The van der Waals surface area contributed by atoms with E-state index in [4.69, 9.17) is 9.47 Å². The van der Waals surface area contributed by atoms with Gasteiger partial charge in [-0.2, -0.15) is 0 Å². The number of aryl methyl sites for hydroxylation is 1. The molecule has 0 heterocycles. The maximum absolute atomic E-state index is 10.1. The lowest BCUT2D eigenvalue weighted by Crippen LogP contribution is -2.21. The molecular weight excluding hydrogens is 264 g/mol. The minimum atomic E-state index is -0.317. The van der Waals surface area contributed by atoms with Gasteiger partial charge in [-0.25, -0.2) is 0 Å². The van der Waals surface area contributed by atoms with Crippen molar-refractivity contribution in [2.75, 3.05) is 13.9 Å². The monoisotopic (exact) mass is 292 g/mol. The molecule has 0 aliphatic heterocycles. The van der Waals surface area contributed by atoms with Gasteiger partial charge in [0.15, 0.2) is 0 Å². The Balaban J connectivity index is 2.16. The Morgan fingerprint density at radius 1 is 1.24 bits per heavy atom. The van der Waals surface area contributed by atoms with Crippen molar-refractivity contribution in [3.63, 3.8) is 0 Å². The Labute approximate surface area is 128 Å². The average Bonchev–Trinajstić information content (AvgIpc) is 2.50. The number of hydrogen-bond acceptors (Lipinski definition) is 3. The number of hydrogen-bond donors (Lipinski definition) is 1. The van der Waals surface area contributed by atoms with Crippen LogP contribution in [0.2, 0.25) is 0 Å². The summed E-state index contributed by atoms with van der Waals surface area (Å²) in [5, 5.41) is 10.1. The van der Waals surface area contributed by atoms with Crippen LogP contribution in [0, 0.1) is 0 Å². The van der Waals surface area contributed by atoms with E-state index in [-0.39, 0.29) is 19.0 Å². The normalized spacial score (nSPS) is 13.8. The van der Waals surface area contributed by atoms with E-state index in [0.717, 1.165) is 32.1 Å². The van der Waals surface area contributed by atoms with Crippen LogP contribution < -0.4 is 0 Å². The summed E-state index contributed by atoms with van der Waals surface area (Å²) in [7, 11) is 1.60. The molecule has 1 aromatic rings. The molecule has 0 radical (unpaired) electrons. The molecule has 0 bridgehead atoms. The van der Waals surface area contributed by atoms with Crippen LogP contribution in [-0.4, -0.2) is 31.2 Å². The number of aliphatic hydroxyl groups is 1. The van der Waals surface area contributed by atoms with Crippen molar-refractivity contribution in [3.05, 3.63) is 48.6 Å². The first kappa shape index (κ1) is 17.9. The number of ether oxygens (including phenoxy) is 2. The molecule has 0 aromatic heterocycles. The zero-order valence-corrected chi connectivity index (χ0v) is 13.0. The van der Waals surface area contributed by atoms with E-state index in [1.165, 1.54) is 5.56 Å². The first-order valence-corrected chi connectivity index (χ1v) is 7.69. The highest BCUT2D eigenvalue weighted by Crippen LogP contribution is 2.14. The lowest BCUT2D eigenvalue weighted by atomic mass is 10.0. The van der Waals surface area contributed by atoms with Crippen LogP contribution in [0.15, 0.2) is 43.0 Å². The second-order valence-electron chi connectivity index (χ2n) is 5.34. The first-order chi connectivity index (χ1) is 10.3. The summed E-state index contributed by atoms with van der Waals surface area (Å²) in [6, 6.07) is 10.5. The molecule has 3 heteroatoms.